The third-order valence-corrected chi connectivity index (χ3v) is 9.95. The molecule has 0 unspecified atom stereocenters. The van der Waals surface area contributed by atoms with Crippen LogP contribution in [0.3, 0.4) is 0 Å². The second kappa shape index (κ2) is 19.8. The van der Waals surface area contributed by atoms with Gasteiger partial charge in [0.05, 0.1) is 40.0 Å². The number of carboxylic acids is 1. The lowest BCUT2D eigenvalue weighted by atomic mass is 10.0. The lowest BCUT2D eigenvalue weighted by molar-refractivity contribution is -0.143. The molecule has 0 radical (unpaired) electrons. The van der Waals surface area contributed by atoms with Crippen molar-refractivity contribution in [3.8, 4) is 11.5 Å². The molecule has 0 bridgehead atoms. The van der Waals surface area contributed by atoms with Gasteiger partial charge in [0.2, 0.25) is 0 Å². The largest absolute Gasteiger partial charge is 0.481 e. The summed E-state index contributed by atoms with van der Waals surface area (Å²) in [6.07, 6.45) is 4.19. The van der Waals surface area contributed by atoms with Crippen molar-refractivity contribution in [1.29, 1.82) is 0 Å². The Morgan fingerprint density at radius 2 is 1.02 bits per heavy atom. The Hall–Kier alpha value is -7.74. The molecule has 6 aromatic rings. The van der Waals surface area contributed by atoms with Crippen LogP contribution in [0.4, 0.5) is 0 Å². The molecule has 0 aliphatic carbocycles. The fourth-order valence-electron chi connectivity index (χ4n) is 7.18. The second-order valence-electron chi connectivity index (χ2n) is 13.9. The van der Waals surface area contributed by atoms with E-state index in [0.717, 1.165) is 16.7 Å². The van der Waals surface area contributed by atoms with Gasteiger partial charge in [0, 0.05) is 24.5 Å². The normalized spacial score (nSPS) is 10.7. The van der Waals surface area contributed by atoms with Gasteiger partial charge in [-0.3, -0.25) is 19.2 Å². The number of aromatic nitrogens is 2. The van der Waals surface area contributed by atoms with Crippen LogP contribution in [-0.4, -0.2) is 69.9 Å². The molecule has 0 spiro atoms. The van der Waals surface area contributed by atoms with Crippen molar-refractivity contribution in [2.24, 2.45) is 11.5 Å². The predicted octanol–water partition coefficient (Wildman–Crippen LogP) is 5.80. The maximum atomic E-state index is 12.8. The zero-order valence-corrected chi connectivity index (χ0v) is 34.1. The Morgan fingerprint density at radius 3 is 1.36 bits per heavy atom. The summed E-state index contributed by atoms with van der Waals surface area (Å²) in [7, 11) is 1.26. The van der Waals surface area contributed by atoms with Crippen LogP contribution in [-0.2, 0) is 49.8 Å². The number of carbonyl (C=O) groups is 6. The number of esters is 1. The van der Waals surface area contributed by atoms with Crippen molar-refractivity contribution < 1.29 is 48.1 Å². The standard InChI is InChI=1S/C24H24N2O5.C23H22N2O5/c1-4-8-17-11-12-18-21(23(17)31-14-19(27)30-3)20(22(28)24(25)29)15(2)26(18)13-16-9-6-5-7-10-16;1-3-7-16-10-11-17-20(22(16)30-13-18(26)27)19(21(28)23(24)29)14(2)25(17)12-15-8-5-4-6-9-15/h4-7,9-12H,1,8,13-14H2,2-3H3,(H2,25,29);3-6,8-11H,1,7,12-13H2,2H3,(H2,24,29)(H,26,27). The smallest absolute Gasteiger partial charge is 0.343 e. The number of fused-ring (bicyclic) bond motifs is 2. The molecule has 2 aromatic heterocycles. The van der Waals surface area contributed by atoms with E-state index in [1.54, 1.807) is 32.1 Å². The molecule has 0 saturated carbocycles. The highest BCUT2D eigenvalue weighted by Crippen LogP contribution is 2.39. The summed E-state index contributed by atoms with van der Waals surface area (Å²) >= 11 is 0. The fraction of sp³-hybridized carbons (Fsp3) is 0.191. The van der Waals surface area contributed by atoms with Gasteiger partial charge in [-0.2, -0.15) is 0 Å². The topological polar surface area (TPSA) is 212 Å². The Labute approximate surface area is 351 Å². The summed E-state index contributed by atoms with van der Waals surface area (Å²) in [5.74, 6) is -4.94. The number of hydrogen-bond acceptors (Lipinski definition) is 9. The number of ketones is 2. The lowest BCUT2D eigenvalue weighted by Crippen LogP contribution is -2.24. The second-order valence-corrected chi connectivity index (χ2v) is 13.9. The first kappa shape index (κ1) is 44.4. The molecule has 14 nitrogen and oxygen atoms in total. The molecule has 314 valence electrons. The third-order valence-electron chi connectivity index (χ3n) is 9.95. The van der Waals surface area contributed by atoms with Crippen LogP contribution < -0.4 is 20.9 Å². The number of methoxy groups -OCH3 is 1. The summed E-state index contributed by atoms with van der Waals surface area (Å²) < 4.78 is 19.9. The lowest BCUT2D eigenvalue weighted by Gasteiger charge is -2.13. The predicted molar refractivity (Wildman–Crippen MR) is 230 cm³/mol. The highest BCUT2D eigenvalue weighted by molar-refractivity contribution is 6.45. The number of ether oxygens (including phenoxy) is 3. The van der Waals surface area contributed by atoms with Crippen molar-refractivity contribution >= 4 is 57.1 Å². The van der Waals surface area contributed by atoms with E-state index in [1.165, 1.54) is 7.11 Å². The molecular weight excluding hydrogens is 781 g/mol. The summed E-state index contributed by atoms with van der Waals surface area (Å²) in [6.45, 7) is 11.0. The van der Waals surface area contributed by atoms with Crippen molar-refractivity contribution in [1.82, 2.24) is 9.13 Å². The number of rotatable bonds is 18. The van der Waals surface area contributed by atoms with E-state index >= 15 is 0 Å². The summed E-state index contributed by atoms with van der Waals surface area (Å²) in [5.41, 5.74) is 16.8. The summed E-state index contributed by atoms with van der Waals surface area (Å²) in [4.78, 5) is 72.0. The maximum absolute atomic E-state index is 12.8. The Kier molecular flexibility index (Phi) is 14.4. The summed E-state index contributed by atoms with van der Waals surface area (Å²) in [6, 6.07) is 26.7. The van der Waals surface area contributed by atoms with Gasteiger partial charge in [0.25, 0.3) is 23.4 Å². The Balaban J connectivity index is 0.000000231. The average Bonchev–Trinajstić information content (AvgIpc) is 3.68. The van der Waals surface area contributed by atoms with Crippen molar-refractivity contribution in [3.63, 3.8) is 0 Å². The number of carbonyl (C=O) groups excluding carboxylic acids is 5. The van der Waals surface area contributed by atoms with Crippen LogP contribution in [0.5, 0.6) is 11.5 Å². The van der Waals surface area contributed by atoms with Crippen LogP contribution in [0, 0.1) is 13.8 Å². The van der Waals surface area contributed by atoms with Crippen LogP contribution in [0.15, 0.2) is 110 Å². The number of nitrogens with zero attached hydrogens (tertiary/aromatic N) is 2. The number of allylic oxidation sites excluding steroid dienone is 2. The van der Waals surface area contributed by atoms with Crippen molar-refractivity contribution in [2.75, 3.05) is 20.3 Å². The van der Waals surface area contributed by atoms with Crippen LogP contribution >= 0.6 is 0 Å². The van der Waals surface area contributed by atoms with Gasteiger partial charge in [-0.05, 0) is 61.1 Å². The molecular formula is C47H46N4O10. The molecule has 0 aliphatic heterocycles. The van der Waals surface area contributed by atoms with Gasteiger partial charge < -0.3 is 39.9 Å². The zero-order valence-electron chi connectivity index (χ0n) is 34.1. The van der Waals surface area contributed by atoms with Gasteiger partial charge in [0.15, 0.2) is 13.2 Å². The molecule has 2 heterocycles. The molecule has 0 atom stereocenters. The van der Waals surface area contributed by atoms with E-state index < -0.39 is 41.9 Å². The first-order chi connectivity index (χ1) is 29.2. The number of Topliss-reactive ketones (excluding diaryl/α,β-unsaturated/α-hetero) is 2. The quantitative estimate of drug-likeness (QED) is 0.0410. The maximum Gasteiger partial charge on any atom is 0.343 e. The molecule has 0 aliphatic rings. The van der Waals surface area contributed by atoms with Crippen LogP contribution in [0.25, 0.3) is 21.8 Å². The average molecular weight is 827 g/mol. The molecule has 5 N–H and O–H groups in total. The number of carboxylic acid groups (broad SMARTS) is 1. The number of nitrogens with two attached hydrogens (primary N) is 2. The molecule has 0 fully saturated rings. The number of hydrogen-bond donors (Lipinski definition) is 3. The fourth-order valence-corrected chi connectivity index (χ4v) is 7.18. The van der Waals surface area contributed by atoms with Gasteiger partial charge >= 0.3 is 11.9 Å². The minimum Gasteiger partial charge on any atom is -0.481 e. The molecule has 4 aromatic carbocycles. The number of amides is 2. The zero-order chi connectivity index (χ0) is 44.4. The summed E-state index contributed by atoms with van der Waals surface area (Å²) in [5, 5.41) is 9.92. The molecule has 2 amide bonds. The van der Waals surface area contributed by atoms with Gasteiger partial charge in [-0.1, -0.05) is 84.9 Å². The van der Waals surface area contributed by atoms with Crippen LogP contribution in [0.1, 0.15) is 54.4 Å². The van der Waals surface area contributed by atoms with Gasteiger partial charge in [-0.25, -0.2) is 9.59 Å². The molecule has 6 rings (SSSR count). The van der Waals surface area contributed by atoms with Crippen molar-refractivity contribution in [3.05, 3.63) is 155 Å². The van der Waals surface area contributed by atoms with E-state index in [0.29, 0.717) is 70.4 Å². The number of primary amides is 2. The minimum absolute atomic E-state index is 0.125. The van der Waals surface area contributed by atoms with E-state index in [-0.39, 0.29) is 23.5 Å². The van der Waals surface area contributed by atoms with Gasteiger partial charge in [-0.15, -0.1) is 13.2 Å². The highest BCUT2D eigenvalue weighted by atomic mass is 16.6. The minimum atomic E-state index is -1.15. The third kappa shape index (κ3) is 9.77. The van der Waals surface area contributed by atoms with E-state index in [4.69, 9.17) is 26.0 Å². The Bertz CT molecular complexity index is 2680. The van der Waals surface area contributed by atoms with E-state index in [2.05, 4.69) is 17.9 Å². The first-order valence-corrected chi connectivity index (χ1v) is 19.0. The number of aliphatic carboxylic acids is 1. The Morgan fingerprint density at radius 1 is 0.623 bits per heavy atom. The van der Waals surface area contributed by atoms with E-state index in [9.17, 15) is 28.8 Å². The monoisotopic (exact) mass is 826 g/mol. The SMILES string of the molecule is C=CCc1ccc2c(c1OCC(=O)O)c(C(=O)C(N)=O)c(C)n2Cc1ccccc1.C=CCc1ccc2c(c1OCC(=O)OC)c(C(=O)C(N)=O)c(C)n2Cc1ccccc1. The molecule has 0 saturated heterocycles. The number of benzene rings is 4. The molecule has 61 heavy (non-hydrogen) atoms. The van der Waals surface area contributed by atoms with Gasteiger partial charge in [0.1, 0.15) is 11.5 Å². The highest BCUT2D eigenvalue weighted by Gasteiger charge is 2.29. The first-order valence-electron chi connectivity index (χ1n) is 19.0. The van der Waals surface area contributed by atoms with Crippen molar-refractivity contribution in [2.45, 2.75) is 39.8 Å². The van der Waals surface area contributed by atoms with E-state index in [1.807, 2.05) is 88.0 Å². The molecule has 14 heteroatoms. The van der Waals surface area contributed by atoms with Crippen LogP contribution in [0.2, 0.25) is 0 Å².